The lowest BCUT2D eigenvalue weighted by Gasteiger charge is -2.46. The number of rotatable bonds is 3. The monoisotopic (exact) mass is 469 g/mol. The normalized spacial score (nSPS) is 17.5. The van der Waals surface area contributed by atoms with E-state index in [2.05, 4.69) is 48.7 Å². The minimum atomic E-state index is -5.08. The Morgan fingerprint density at radius 2 is 1.76 bits per heavy atom. The molecule has 33 heavy (non-hydrogen) atoms. The lowest BCUT2D eigenvalue weighted by atomic mass is 9.80. The van der Waals surface area contributed by atoms with E-state index in [1.807, 2.05) is 37.4 Å². The van der Waals surface area contributed by atoms with Gasteiger partial charge in [-0.15, -0.1) is 0 Å². The smallest absolute Gasteiger partial charge is 0.475 e. The molecule has 2 amide bonds. The second-order valence-electron chi connectivity index (χ2n) is 9.35. The topological polar surface area (TPSA) is 108 Å². The van der Waals surface area contributed by atoms with Gasteiger partial charge in [-0.25, -0.2) is 14.3 Å². The second kappa shape index (κ2) is 9.82. The number of carbonyl (C=O) groups excluding carboxylic acids is 1. The minimum Gasteiger partial charge on any atom is -0.475 e. The van der Waals surface area contributed by atoms with Gasteiger partial charge >= 0.3 is 18.2 Å². The summed E-state index contributed by atoms with van der Waals surface area (Å²) in [6.07, 6.45) is 0.369. The number of aryl methyl sites for hydroxylation is 1. The molecule has 0 saturated carbocycles. The Balaban J connectivity index is 0.000000479. The number of nitrogens with one attached hydrogen (secondary N) is 3. The van der Waals surface area contributed by atoms with Crippen LogP contribution >= 0.6 is 0 Å². The Kier molecular flexibility index (Phi) is 7.79. The number of piperidine rings is 1. The van der Waals surface area contributed by atoms with E-state index in [4.69, 9.17) is 9.90 Å². The molecule has 1 aromatic heterocycles. The Morgan fingerprint density at radius 3 is 2.21 bits per heavy atom. The zero-order valence-electron chi connectivity index (χ0n) is 19.2. The van der Waals surface area contributed by atoms with Gasteiger partial charge in [0.15, 0.2) is 0 Å². The first-order valence-corrected chi connectivity index (χ1v) is 10.4. The van der Waals surface area contributed by atoms with E-state index in [-0.39, 0.29) is 23.2 Å². The van der Waals surface area contributed by atoms with Gasteiger partial charge in [0.1, 0.15) is 0 Å². The van der Waals surface area contributed by atoms with Crippen molar-refractivity contribution >= 4 is 17.7 Å². The molecular formula is C22H30F3N5O3. The number of urea groups is 1. The SMILES string of the molecule is Cc1cc(-n2cccn2)ccc1NC(=O)NC1CC(C)(C)NC(C)(C)C1.O=C(O)C(F)(F)F. The molecule has 2 aromatic rings. The fourth-order valence-electron chi connectivity index (χ4n) is 4.12. The number of amides is 2. The van der Waals surface area contributed by atoms with Gasteiger partial charge in [0.05, 0.1) is 5.69 Å². The lowest BCUT2D eigenvalue weighted by Crippen LogP contribution is -2.62. The van der Waals surface area contributed by atoms with E-state index in [1.165, 1.54) is 0 Å². The maximum atomic E-state index is 12.5. The molecule has 4 N–H and O–H groups in total. The van der Waals surface area contributed by atoms with Gasteiger partial charge in [0.2, 0.25) is 0 Å². The molecule has 8 nitrogen and oxygen atoms in total. The van der Waals surface area contributed by atoms with E-state index < -0.39 is 12.1 Å². The van der Waals surface area contributed by atoms with Crippen molar-refractivity contribution in [3.63, 3.8) is 0 Å². The van der Waals surface area contributed by atoms with Crippen LogP contribution in [0.15, 0.2) is 36.7 Å². The summed E-state index contributed by atoms with van der Waals surface area (Å²) in [4.78, 5) is 21.4. The van der Waals surface area contributed by atoms with Gasteiger partial charge in [-0.05, 0) is 77.3 Å². The number of anilines is 1. The van der Waals surface area contributed by atoms with Crippen LogP contribution in [0.2, 0.25) is 0 Å². The molecule has 0 atom stereocenters. The number of hydrogen-bond acceptors (Lipinski definition) is 4. The molecule has 0 bridgehead atoms. The molecule has 1 aliphatic heterocycles. The third-order valence-electron chi connectivity index (χ3n) is 5.00. The van der Waals surface area contributed by atoms with Crippen LogP contribution in [0.5, 0.6) is 0 Å². The summed E-state index contributed by atoms with van der Waals surface area (Å²) >= 11 is 0. The van der Waals surface area contributed by atoms with E-state index in [0.29, 0.717) is 0 Å². The average molecular weight is 470 g/mol. The van der Waals surface area contributed by atoms with Crippen LogP contribution in [0, 0.1) is 6.92 Å². The van der Waals surface area contributed by atoms with Crippen LogP contribution < -0.4 is 16.0 Å². The molecular weight excluding hydrogens is 439 g/mol. The summed E-state index contributed by atoms with van der Waals surface area (Å²) < 4.78 is 33.5. The number of aliphatic carboxylic acids is 1. The number of benzene rings is 1. The van der Waals surface area contributed by atoms with Gasteiger partial charge in [0.25, 0.3) is 0 Å². The number of aromatic nitrogens is 2. The van der Waals surface area contributed by atoms with E-state index in [1.54, 1.807) is 10.9 Å². The molecule has 1 saturated heterocycles. The summed E-state index contributed by atoms with van der Waals surface area (Å²) in [6, 6.07) is 7.76. The predicted molar refractivity (Wildman–Crippen MR) is 118 cm³/mol. The predicted octanol–water partition coefficient (Wildman–Crippen LogP) is 4.24. The van der Waals surface area contributed by atoms with E-state index in [0.717, 1.165) is 29.8 Å². The zero-order valence-corrected chi connectivity index (χ0v) is 19.2. The standard InChI is InChI=1S/C20H29N5O.C2HF3O2/c1-14-11-16(25-10-6-9-21-25)7-8-17(14)23-18(26)22-15-12-19(2,3)24-20(4,5)13-15;3-2(4,5)1(6)7/h6-11,15,24H,12-13H2,1-5H3,(H2,22,23,26);(H,6,7). The van der Waals surface area contributed by atoms with Gasteiger partial charge < -0.3 is 21.1 Å². The third-order valence-corrected chi connectivity index (χ3v) is 5.00. The van der Waals surface area contributed by atoms with Crippen molar-refractivity contribution in [3.8, 4) is 5.69 Å². The summed E-state index contributed by atoms with van der Waals surface area (Å²) in [6.45, 7) is 10.7. The molecule has 0 radical (unpaired) electrons. The Labute approximate surface area is 190 Å². The van der Waals surface area contributed by atoms with Crippen molar-refractivity contribution in [1.29, 1.82) is 0 Å². The maximum Gasteiger partial charge on any atom is 0.490 e. The zero-order chi connectivity index (χ0) is 25.0. The van der Waals surface area contributed by atoms with Crippen molar-refractivity contribution in [2.75, 3.05) is 5.32 Å². The van der Waals surface area contributed by atoms with Crippen molar-refractivity contribution in [3.05, 3.63) is 42.2 Å². The molecule has 0 aliphatic carbocycles. The number of halogens is 3. The Bertz CT molecular complexity index is 956. The number of carbonyl (C=O) groups is 2. The van der Waals surface area contributed by atoms with Crippen molar-refractivity contribution in [1.82, 2.24) is 20.4 Å². The minimum absolute atomic E-state index is 0.00102. The molecule has 182 valence electrons. The Morgan fingerprint density at radius 1 is 1.18 bits per heavy atom. The quantitative estimate of drug-likeness (QED) is 0.538. The fraction of sp³-hybridized carbons (Fsp3) is 0.500. The highest BCUT2D eigenvalue weighted by atomic mass is 19.4. The molecule has 1 fully saturated rings. The number of alkyl halides is 3. The molecule has 11 heteroatoms. The summed E-state index contributed by atoms with van der Waals surface area (Å²) in [7, 11) is 0. The first-order valence-electron chi connectivity index (χ1n) is 10.4. The Hall–Kier alpha value is -3.08. The van der Waals surface area contributed by atoms with Crippen molar-refractivity contribution in [2.24, 2.45) is 0 Å². The molecule has 2 heterocycles. The molecule has 0 spiro atoms. The summed E-state index contributed by atoms with van der Waals surface area (Å²) in [5.74, 6) is -2.76. The largest absolute Gasteiger partial charge is 0.490 e. The average Bonchev–Trinajstić information content (AvgIpc) is 3.15. The third kappa shape index (κ3) is 8.08. The first kappa shape index (κ1) is 26.2. The summed E-state index contributed by atoms with van der Waals surface area (Å²) in [5.41, 5.74) is 2.78. The van der Waals surface area contributed by atoms with Crippen LogP contribution in [-0.2, 0) is 4.79 Å². The van der Waals surface area contributed by atoms with Crippen LogP contribution in [0.1, 0.15) is 46.1 Å². The van der Waals surface area contributed by atoms with Gasteiger partial charge in [0, 0.05) is 35.2 Å². The highest BCUT2D eigenvalue weighted by Gasteiger charge is 2.39. The maximum absolute atomic E-state index is 12.5. The number of carboxylic acids is 1. The number of hydrogen-bond donors (Lipinski definition) is 4. The lowest BCUT2D eigenvalue weighted by molar-refractivity contribution is -0.192. The van der Waals surface area contributed by atoms with Gasteiger partial charge in [-0.2, -0.15) is 18.3 Å². The van der Waals surface area contributed by atoms with Crippen LogP contribution in [-0.4, -0.2) is 50.2 Å². The van der Waals surface area contributed by atoms with Crippen LogP contribution in [0.4, 0.5) is 23.7 Å². The molecule has 0 unspecified atom stereocenters. The van der Waals surface area contributed by atoms with Crippen LogP contribution in [0.3, 0.4) is 0 Å². The van der Waals surface area contributed by atoms with E-state index >= 15 is 0 Å². The highest BCUT2D eigenvalue weighted by Crippen LogP contribution is 2.28. The first-order chi connectivity index (χ1) is 15.1. The van der Waals surface area contributed by atoms with Gasteiger partial charge in [-0.1, -0.05) is 0 Å². The van der Waals surface area contributed by atoms with E-state index in [9.17, 15) is 18.0 Å². The molecule has 1 aromatic carbocycles. The van der Waals surface area contributed by atoms with Crippen molar-refractivity contribution in [2.45, 2.75) is 70.8 Å². The molecule has 3 rings (SSSR count). The van der Waals surface area contributed by atoms with Gasteiger partial charge in [-0.3, -0.25) is 0 Å². The van der Waals surface area contributed by atoms with Crippen molar-refractivity contribution < 1.29 is 27.9 Å². The number of carboxylic acid groups (broad SMARTS) is 1. The summed E-state index contributed by atoms with van der Waals surface area (Å²) in [5, 5.41) is 21.1. The second-order valence-corrected chi connectivity index (χ2v) is 9.35. The highest BCUT2D eigenvalue weighted by molar-refractivity contribution is 5.90. The number of nitrogens with zero attached hydrogens (tertiary/aromatic N) is 2. The van der Waals surface area contributed by atoms with Crippen LogP contribution in [0.25, 0.3) is 5.69 Å². The fourth-order valence-corrected chi connectivity index (χ4v) is 4.12. The molecule has 1 aliphatic rings.